The minimum absolute atomic E-state index is 0.0614. The molecule has 0 bridgehead atoms. The first-order valence-electron chi connectivity index (χ1n) is 9.56. The minimum Gasteiger partial charge on any atom is -0.493 e. The lowest BCUT2D eigenvalue weighted by molar-refractivity contribution is 0.0973. The number of aryl methyl sites for hydroxylation is 2. The second-order valence-electron chi connectivity index (χ2n) is 6.94. The predicted molar refractivity (Wildman–Crippen MR) is 113 cm³/mol. The van der Waals surface area contributed by atoms with Crippen LogP contribution in [-0.2, 0) is 6.54 Å². The summed E-state index contributed by atoms with van der Waals surface area (Å²) in [5.74, 6) is 1.65. The Hall–Kier alpha value is -3.06. The number of nitrogens with one attached hydrogen (secondary N) is 1. The number of aliphatic hydroxyl groups excluding tert-OH is 1. The predicted octanol–water partition coefficient (Wildman–Crippen LogP) is 3.35. The Bertz CT molecular complexity index is 1030. The molecule has 1 aromatic heterocycles. The van der Waals surface area contributed by atoms with Crippen LogP contribution in [0.3, 0.4) is 0 Å². The number of carbonyl (C=O) groups excluding carboxylic acids is 1. The van der Waals surface area contributed by atoms with Crippen LogP contribution in [0.4, 0.5) is 5.95 Å². The number of hydrogen-bond acceptors (Lipinski definition) is 6. The van der Waals surface area contributed by atoms with Crippen LogP contribution in [0, 0.1) is 13.8 Å². The van der Waals surface area contributed by atoms with E-state index in [2.05, 4.69) is 16.4 Å². The lowest BCUT2D eigenvalue weighted by atomic mass is 10.1. The third-order valence-corrected chi connectivity index (χ3v) is 4.99. The maximum Gasteiger partial charge on any atom is 0.204 e. The molecule has 154 valence electrons. The Morgan fingerprint density at radius 2 is 1.83 bits per heavy atom. The zero-order chi connectivity index (χ0) is 21.0. The lowest BCUT2D eigenvalue weighted by Crippen LogP contribution is -2.15. The standard InChI is InChI=1S/C22H27N3O4/c1-14-10-17-18(11-15(14)2)25(22(24-17)23-8-5-9-26)13-19(27)16-6-7-20(28-3)21(12-16)29-4/h6-7,10-12,26H,5,8-9,13H2,1-4H3,(H,23,24). The quantitative estimate of drug-likeness (QED) is 0.425. The Balaban J connectivity index is 1.97. The molecule has 2 aromatic carbocycles. The van der Waals surface area contributed by atoms with Gasteiger partial charge in [0, 0.05) is 18.7 Å². The number of imidazole rings is 1. The molecule has 0 aliphatic rings. The number of carbonyl (C=O) groups is 1. The molecule has 0 spiro atoms. The monoisotopic (exact) mass is 397 g/mol. The Morgan fingerprint density at radius 1 is 1.10 bits per heavy atom. The number of fused-ring (bicyclic) bond motifs is 1. The molecular weight excluding hydrogens is 370 g/mol. The van der Waals surface area contributed by atoms with E-state index in [-0.39, 0.29) is 18.9 Å². The number of nitrogens with zero attached hydrogens (tertiary/aromatic N) is 2. The molecule has 0 saturated carbocycles. The Labute approximate surface area is 170 Å². The van der Waals surface area contributed by atoms with Gasteiger partial charge < -0.3 is 24.5 Å². The van der Waals surface area contributed by atoms with Gasteiger partial charge in [0.15, 0.2) is 17.3 Å². The van der Waals surface area contributed by atoms with Gasteiger partial charge in [-0.05, 0) is 61.7 Å². The molecule has 7 heteroatoms. The van der Waals surface area contributed by atoms with Crippen molar-refractivity contribution in [2.75, 3.05) is 32.7 Å². The number of aliphatic hydroxyl groups is 1. The van der Waals surface area contributed by atoms with Crippen molar-refractivity contribution in [3.8, 4) is 11.5 Å². The van der Waals surface area contributed by atoms with Crippen LogP contribution in [0.2, 0.25) is 0 Å². The molecule has 0 aliphatic carbocycles. The van der Waals surface area contributed by atoms with Crippen molar-refractivity contribution in [3.63, 3.8) is 0 Å². The normalized spacial score (nSPS) is 10.9. The van der Waals surface area contributed by atoms with E-state index < -0.39 is 0 Å². The van der Waals surface area contributed by atoms with Gasteiger partial charge in [-0.1, -0.05) is 0 Å². The average molecular weight is 397 g/mol. The zero-order valence-electron chi connectivity index (χ0n) is 17.3. The van der Waals surface area contributed by atoms with Gasteiger partial charge in [0.2, 0.25) is 5.95 Å². The van der Waals surface area contributed by atoms with Crippen molar-refractivity contribution in [2.24, 2.45) is 0 Å². The van der Waals surface area contributed by atoms with E-state index in [0.717, 1.165) is 22.2 Å². The fourth-order valence-corrected chi connectivity index (χ4v) is 3.20. The highest BCUT2D eigenvalue weighted by molar-refractivity contribution is 5.97. The first-order valence-corrected chi connectivity index (χ1v) is 9.56. The topological polar surface area (TPSA) is 85.6 Å². The molecule has 0 saturated heterocycles. The number of rotatable bonds is 9. The van der Waals surface area contributed by atoms with E-state index in [1.165, 1.54) is 0 Å². The maximum atomic E-state index is 13.0. The summed E-state index contributed by atoms with van der Waals surface area (Å²) in [5, 5.41) is 12.3. The molecule has 7 nitrogen and oxygen atoms in total. The van der Waals surface area contributed by atoms with Crippen LogP contribution in [0.5, 0.6) is 11.5 Å². The van der Waals surface area contributed by atoms with Gasteiger partial charge >= 0.3 is 0 Å². The van der Waals surface area contributed by atoms with Gasteiger partial charge in [-0.25, -0.2) is 4.98 Å². The highest BCUT2D eigenvalue weighted by Crippen LogP contribution is 2.29. The summed E-state index contributed by atoms with van der Waals surface area (Å²) in [6.07, 6.45) is 0.602. The van der Waals surface area contributed by atoms with E-state index in [1.807, 2.05) is 24.5 Å². The maximum absolute atomic E-state index is 13.0. The van der Waals surface area contributed by atoms with Gasteiger partial charge in [-0.3, -0.25) is 4.79 Å². The molecule has 0 fully saturated rings. The molecule has 0 amide bonds. The molecule has 3 aromatic rings. The van der Waals surface area contributed by atoms with Crippen molar-refractivity contribution in [1.82, 2.24) is 9.55 Å². The van der Waals surface area contributed by atoms with Gasteiger partial charge in [0.1, 0.15) is 0 Å². The number of ketones is 1. The molecule has 0 radical (unpaired) electrons. The van der Waals surface area contributed by atoms with Crippen molar-refractivity contribution in [1.29, 1.82) is 0 Å². The highest BCUT2D eigenvalue weighted by Gasteiger charge is 2.17. The third-order valence-electron chi connectivity index (χ3n) is 4.99. The van der Waals surface area contributed by atoms with Crippen LogP contribution in [0.25, 0.3) is 11.0 Å². The summed E-state index contributed by atoms with van der Waals surface area (Å²) < 4.78 is 12.5. The van der Waals surface area contributed by atoms with Crippen molar-refractivity contribution in [2.45, 2.75) is 26.8 Å². The summed E-state index contributed by atoms with van der Waals surface area (Å²) in [6, 6.07) is 9.23. The molecule has 0 aliphatic heterocycles. The van der Waals surface area contributed by atoms with E-state index in [4.69, 9.17) is 14.6 Å². The van der Waals surface area contributed by atoms with Crippen molar-refractivity contribution in [3.05, 3.63) is 47.0 Å². The van der Waals surface area contributed by atoms with E-state index in [1.54, 1.807) is 32.4 Å². The zero-order valence-corrected chi connectivity index (χ0v) is 17.3. The van der Waals surface area contributed by atoms with E-state index >= 15 is 0 Å². The lowest BCUT2D eigenvalue weighted by Gasteiger charge is -2.12. The molecule has 3 rings (SSSR count). The van der Waals surface area contributed by atoms with Crippen LogP contribution in [0.15, 0.2) is 30.3 Å². The Morgan fingerprint density at radius 3 is 2.52 bits per heavy atom. The summed E-state index contributed by atoms with van der Waals surface area (Å²) in [4.78, 5) is 17.7. The van der Waals surface area contributed by atoms with Crippen LogP contribution in [-0.4, -0.2) is 47.8 Å². The molecule has 29 heavy (non-hydrogen) atoms. The number of aromatic nitrogens is 2. The smallest absolute Gasteiger partial charge is 0.204 e. The number of methoxy groups -OCH3 is 2. The molecular formula is C22H27N3O4. The SMILES string of the molecule is COc1ccc(C(=O)Cn2c(NCCCO)nc3cc(C)c(C)cc32)cc1OC. The molecule has 0 unspecified atom stereocenters. The van der Waals surface area contributed by atoms with Crippen LogP contribution >= 0.6 is 0 Å². The minimum atomic E-state index is -0.0614. The average Bonchev–Trinajstić information content (AvgIpc) is 3.04. The molecule has 1 heterocycles. The number of ether oxygens (including phenoxy) is 2. The molecule has 0 atom stereocenters. The summed E-state index contributed by atoms with van der Waals surface area (Å²) in [6.45, 7) is 4.89. The number of hydrogen-bond donors (Lipinski definition) is 2. The second-order valence-corrected chi connectivity index (χ2v) is 6.94. The van der Waals surface area contributed by atoms with Crippen molar-refractivity contribution < 1.29 is 19.4 Å². The number of Topliss-reactive ketones (excluding diaryl/α,β-unsaturated/α-hetero) is 1. The first kappa shape index (κ1) is 20.7. The molecule has 2 N–H and O–H groups in total. The highest BCUT2D eigenvalue weighted by atomic mass is 16.5. The third kappa shape index (κ3) is 4.35. The van der Waals surface area contributed by atoms with Crippen LogP contribution < -0.4 is 14.8 Å². The number of benzene rings is 2. The largest absolute Gasteiger partial charge is 0.493 e. The van der Waals surface area contributed by atoms with Crippen molar-refractivity contribution >= 4 is 22.8 Å². The Kier molecular flexibility index (Phi) is 6.39. The fraction of sp³-hybridized carbons (Fsp3) is 0.364. The second kappa shape index (κ2) is 8.96. The van der Waals surface area contributed by atoms with E-state index in [0.29, 0.717) is 36.0 Å². The summed E-state index contributed by atoms with van der Waals surface area (Å²) >= 11 is 0. The van der Waals surface area contributed by atoms with Gasteiger partial charge in [0.25, 0.3) is 0 Å². The number of anilines is 1. The summed E-state index contributed by atoms with van der Waals surface area (Å²) in [5.41, 5.74) is 4.55. The van der Waals surface area contributed by atoms with Crippen LogP contribution in [0.1, 0.15) is 27.9 Å². The first-order chi connectivity index (χ1) is 14.0. The van der Waals surface area contributed by atoms with Gasteiger partial charge in [-0.15, -0.1) is 0 Å². The fourth-order valence-electron chi connectivity index (χ4n) is 3.20. The summed E-state index contributed by atoms with van der Waals surface area (Å²) in [7, 11) is 3.11. The van der Waals surface area contributed by atoms with Gasteiger partial charge in [0.05, 0.1) is 31.8 Å². The van der Waals surface area contributed by atoms with Gasteiger partial charge in [-0.2, -0.15) is 0 Å². The van der Waals surface area contributed by atoms with E-state index in [9.17, 15) is 4.79 Å².